The van der Waals surface area contributed by atoms with Crippen LogP contribution in [0.5, 0.6) is 5.88 Å². The number of ether oxygens (including phenoxy) is 1. The first-order chi connectivity index (χ1) is 12.9. The van der Waals surface area contributed by atoms with Crippen molar-refractivity contribution in [2.75, 3.05) is 31.1 Å². The number of carbonyl (C=O) groups is 1. The zero-order chi connectivity index (χ0) is 19.7. The monoisotopic (exact) mass is 381 g/mol. The van der Waals surface area contributed by atoms with Gasteiger partial charge in [0.25, 0.3) is 5.91 Å². The van der Waals surface area contributed by atoms with E-state index < -0.39 is 12.8 Å². The standard InChI is InChI=1S/C19H22F3N3O2/c1-2-25(16-7-4-3-5-8-16)12-6-11-23-18(26)15-9-10-17(24-13-15)27-14-19(20,21)22/h3-5,7-10,13H,2,6,11-12,14H2,1H3,(H,23,26). The van der Waals surface area contributed by atoms with Crippen LogP contribution in [0.1, 0.15) is 23.7 Å². The molecule has 27 heavy (non-hydrogen) atoms. The molecule has 0 saturated carbocycles. The fraction of sp³-hybridized carbons (Fsp3) is 0.368. The second-order valence-corrected chi connectivity index (χ2v) is 5.81. The lowest BCUT2D eigenvalue weighted by atomic mass is 10.2. The Morgan fingerprint density at radius 3 is 2.52 bits per heavy atom. The number of rotatable bonds is 9. The summed E-state index contributed by atoms with van der Waals surface area (Å²) < 4.78 is 40.8. The summed E-state index contributed by atoms with van der Waals surface area (Å²) >= 11 is 0. The molecule has 5 nitrogen and oxygen atoms in total. The van der Waals surface area contributed by atoms with Crippen LogP contribution >= 0.6 is 0 Å². The number of nitrogens with one attached hydrogen (secondary N) is 1. The molecule has 0 bridgehead atoms. The molecule has 0 aliphatic carbocycles. The number of carbonyl (C=O) groups excluding carboxylic acids is 1. The number of para-hydroxylation sites is 1. The van der Waals surface area contributed by atoms with E-state index in [1.807, 2.05) is 30.3 Å². The van der Waals surface area contributed by atoms with Crippen LogP contribution in [-0.2, 0) is 0 Å². The van der Waals surface area contributed by atoms with Crippen molar-refractivity contribution in [2.24, 2.45) is 0 Å². The van der Waals surface area contributed by atoms with Gasteiger partial charge in [-0.1, -0.05) is 18.2 Å². The van der Waals surface area contributed by atoms with E-state index in [0.717, 1.165) is 25.2 Å². The van der Waals surface area contributed by atoms with Crippen LogP contribution in [0.2, 0.25) is 0 Å². The summed E-state index contributed by atoms with van der Waals surface area (Å²) in [6.07, 6.45) is -2.47. The van der Waals surface area contributed by atoms with Crippen molar-refractivity contribution in [1.29, 1.82) is 0 Å². The van der Waals surface area contributed by atoms with E-state index in [2.05, 4.69) is 26.9 Å². The maximum atomic E-state index is 12.1. The maximum Gasteiger partial charge on any atom is 0.422 e. The van der Waals surface area contributed by atoms with Crippen molar-refractivity contribution in [3.8, 4) is 5.88 Å². The maximum absolute atomic E-state index is 12.1. The molecule has 0 unspecified atom stereocenters. The average Bonchev–Trinajstić information content (AvgIpc) is 2.67. The zero-order valence-corrected chi connectivity index (χ0v) is 15.0. The summed E-state index contributed by atoms with van der Waals surface area (Å²) in [7, 11) is 0. The lowest BCUT2D eigenvalue weighted by Gasteiger charge is -2.23. The molecule has 1 aromatic heterocycles. The van der Waals surface area contributed by atoms with E-state index in [1.165, 1.54) is 18.3 Å². The number of benzene rings is 1. The second kappa shape index (κ2) is 9.80. The third-order valence-corrected chi connectivity index (χ3v) is 3.78. The Morgan fingerprint density at radius 2 is 1.93 bits per heavy atom. The smallest absolute Gasteiger partial charge is 0.422 e. The number of anilines is 1. The quantitative estimate of drug-likeness (QED) is 0.674. The van der Waals surface area contributed by atoms with Crippen LogP contribution in [0.4, 0.5) is 18.9 Å². The molecule has 0 radical (unpaired) electrons. The summed E-state index contributed by atoms with van der Waals surface area (Å²) in [5, 5.41) is 2.78. The Labute approximate surface area is 156 Å². The molecule has 1 heterocycles. The lowest BCUT2D eigenvalue weighted by Crippen LogP contribution is -2.30. The average molecular weight is 381 g/mol. The minimum Gasteiger partial charge on any atom is -0.468 e. The second-order valence-electron chi connectivity index (χ2n) is 5.81. The Morgan fingerprint density at radius 1 is 1.19 bits per heavy atom. The van der Waals surface area contributed by atoms with Gasteiger partial charge in [0.2, 0.25) is 5.88 Å². The predicted molar refractivity (Wildman–Crippen MR) is 97.1 cm³/mol. The van der Waals surface area contributed by atoms with Gasteiger partial charge in [-0.05, 0) is 31.5 Å². The molecule has 8 heteroatoms. The minimum atomic E-state index is -4.43. The van der Waals surface area contributed by atoms with Crippen LogP contribution in [0, 0.1) is 0 Å². The normalized spacial score (nSPS) is 11.1. The first-order valence-electron chi connectivity index (χ1n) is 8.63. The molecule has 0 saturated heterocycles. The first kappa shape index (κ1) is 20.5. The molecule has 146 valence electrons. The molecule has 2 rings (SSSR count). The number of hydrogen-bond acceptors (Lipinski definition) is 4. The molecule has 2 aromatic rings. The molecule has 0 aliphatic heterocycles. The fourth-order valence-electron chi connectivity index (χ4n) is 2.44. The molecule has 1 N–H and O–H groups in total. The molecule has 0 atom stereocenters. The number of pyridine rings is 1. The SMILES string of the molecule is CCN(CCCNC(=O)c1ccc(OCC(F)(F)F)nc1)c1ccccc1. The Balaban J connectivity index is 1.75. The van der Waals surface area contributed by atoms with Gasteiger partial charge in [-0.3, -0.25) is 4.79 Å². The van der Waals surface area contributed by atoms with E-state index in [-0.39, 0.29) is 17.4 Å². The van der Waals surface area contributed by atoms with Crippen molar-refractivity contribution >= 4 is 11.6 Å². The topological polar surface area (TPSA) is 54.5 Å². The van der Waals surface area contributed by atoms with E-state index >= 15 is 0 Å². The van der Waals surface area contributed by atoms with Crippen molar-refractivity contribution in [3.05, 3.63) is 54.2 Å². The van der Waals surface area contributed by atoms with Crippen molar-refractivity contribution in [3.63, 3.8) is 0 Å². The van der Waals surface area contributed by atoms with E-state index in [1.54, 1.807) is 0 Å². The van der Waals surface area contributed by atoms with Crippen molar-refractivity contribution in [1.82, 2.24) is 10.3 Å². The summed E-state index contributed by atoms with van der Waals surface area (Å²) in [5.74, 6) is -0.502. The van der Waals surface area contributed by atoms with Crippen LogP contribution in [0.3, 0.4) is 0 Å². The van der Waals surface area contributed by atoms with Crippen molar-refractivity contribution in [2.45, 2.75) is 19.5 Å². The molecular weight excluding hydrogens is 359 g/mol. The number of alkyl halides is 3. The summed E-state index contributed by atoms with van der Waals surface area (Å²) in [6, 6.07) is 12.6. The summed E-state index contributed by atoms with van der Waals surface area (Å²) in [5.41, 5.74) is 1.40. The summed E-state index contributed by atoms with van der Waals surface area (Å²) in [6.45, 7) is 2.79. The number of amides is 1. The van der Waals surface area contributed by atoms with E-state index in [4.69, 9.17) is 0 Å². The minimum absolute atomic E-state index is 0.176. The number of aromatic nitrogens is 1. The van der Waals surface area contributed by atoms with Gasteiger partial charge in [0, 0.05) is 37.6 Å². The van der Waals surface area contributed by atoms with Gasteiger partial charge < -0.3 is 15.0 Å². The Kier molecular flexibility index (Phi) is 7.45. The van der Waals surface area contributed by atoms with E-state index in [0.29, 0.717) is 6.54 Å². The van der Waals surface area contributed by atoms with Gasteiger partial charge in [-0.2, -0.15) is 13.2 Å². The van der Waals surface area contributed by atoms with Gasteiger partial charge in [0.1, 0.15) is 0 Å². The fourth-order valence-corrected chi connectivity index (χ4v) is 2.44. The van der Waals surface area contributed by atoms with Crippen LogP contribution < -0.4 is 15.0 Å². The van der Waals surface area contributed by atoms with Gasteiger partial charge in [0.15, 0.2) is 6.61 Å². The van der Waals surface area contributed by atoms with Crippen LogP contribution in [0.25, 0.3) is 0 Å². The number of hydrogen-bond donors (Lipinski definition) is 1. The predicted octanol–water partition coefficient (Wildman–Crippen LogP) is 3.67. The molecular formula is C19H22F3N3O2. The molecule has 1 amide bonds. The van der Waals surface area contributed by atoms with Crippen LogP contribution in [-0.4, -0.2) is 43.3 Å². The van der Waals surface area contributed by atoms with Gasteiger partial charge in [-0.15, -0.1) is 0 Å². The third kappa shape index (κ3) is 7.16. The molecule has 1 aromatic carbocycles. The third-order valence-electron chi connectivity index (χ3n) is 3.78. The molecule has 0 fully saturated rings. The Hall–Kier alpha value is -2.77. The van der Waals surface area contributed by atoms with Crippen LogP contribution in [0.15, 0.2) is 48.7 Å². The van der Waals surface area contributed by atoms with E-state index in [9.17, 15) is 18.0 Å². The molecule has 0 spiro atoms. The number of halogens is 3. The highest BCUT2D eigenvalue weighted by Crippen LogP contribution is 2.17. The zero-order valence-electron chi connectivity index (χ0n) is 15.0. The Bertz CT molecular complexity index is 706. The lowest BCUT2D eigenvalue weighted by molar-refractivity contribution is -0.154. The summed E-state index contributed by atoms with van der Waals surface area (Å²) in [4.78, 5) is 18.0. The van der Waals surface area contributed by atoms with Gasteiger partial charge >= 0.3 is 6.18 Å². The number of nitrogens with zero attached hydrogens (tertiary/aromatic N) is 2. The highest BCUT2D eigenvalue weighted by molar-refractivity contribution is 5.93. The van der Waals surface area contributed by atoms with Crippen molar-refractivity contribution < 1.29 is 22.7 Å². The largest absolute Gasteiger partial charge is 0.468 e. The van der Waals surface area contributed by atoms with Gasteiger partial charge in [0.05, 0.1) is 5.56 Å². The first-order valence-corrected chi connectivity index (χ1v) is 8.63. The highest BCUT2D eigenvalue weighted by atomic mass is 19.4. The molecule has 0 aliphatic rings. The van der Waals surface area contributed by atoms with Gasteiger partial charge in [-0.25, -0.2) is 4.98 Å². The highest BCUT2D eigenvalue weighted by Gasteiger charge is 2.28.